The Labute approximate surface area is 128 Å². The zero-order valence-electron chi connectivity index (χ0n) is 13.2. The zero-order valence-corrected chi connectivity index (χ0v) is 13.2. The van der Waals surface area contributed by atoms with E-state index in [0.717, 1.165) is 19.5 Å². The van der Waals surface area contributed by atoms with Crippen LogP contribution in [0.25, 0.3) is 0 Å². The Hall–Kier alpha value is -1.80. The average molecular weight is 282 g/mol. The van der Waals surface area contributed by atoms with Crippen molar-refractivity contribution in [3.8, 4) is 0 Å². The average Bonchev–Trinajstić information content (AvgIpc) is 2.50. The molecule has 0 aliphatic heterocycles. The van der Waals surface area contributed by atoms with Gasteiger partial charge in [0.05, 0.1) is 0 Å². The molecule has 0 aliphatic carbocycles. The summed E-state index contributed by atoms with van der Waals surface area (Å²) in [6.07, 6.45) is 3.46. The molecule has 2 heteroatoms. The molecule has 2 nitrogen and oxygen atoms in total. The Kier molecular flexibility index (Phi) is 5.82. The number of para-hydroxylation sites is 2. The third kappa shape index (κ3) is 4.08. The standard InChI is InChI=1S/C19H26N2/c1-16-10-4-6-12-18(16)21(15-9-3-8-14-20)19-13-7-5-11-17(19)2/h4-7,10-13H,3,8-9,14-15,20H2,1-2H3. The number of nitrogens with zero attached hydrogens (tertiary/aromatic N) is 1. The van der Waals surface area contributed by atoms with Crippen LogP contribution in [0.2, 0.25) is 0 Å². The lowest BCUT2D eigenvalue weighted by molar-refractivity contribution is 0.686. The van der Waals surface area contributed by atoms with E-state index in [-0.39, 0.29) is 0 Å². The first-order valence-electron chi connectivity index (χ1n) is 7.83. The van der Waals surface area contributed by atoms with Gasteiger partial charge >= 0.3 is 0 Å². The second-order valence-electron chi connectivity index (χ2n) is 5.57. The fourth-order valence-corrected chi connectivity index (χ4v) is 2.69. The molecular weight excluding hydrogens is 256 g/mol. The molecule has 0 aliphatic rings. The van der Waals surface area contributed by atoms with Crippen LogP contribution in [0.1, 0.15) is 30.4 Å². The summed E-state index contributed by atoms with van der Waals surface area (Å²) in [4.78, 5) is 2.45. The molecule has 21 heavy (non-hydrogen) atoms. The van der Waals surface area contributed by atoms with Gasteiger partial charge in [-0.2, -0.15) is 0 Å². The smallest absolute Gasteiger partial charge is 0.0440 e. The Bertz CT molecular complexity index is 517. The first-order valence-corrected chi connectivity index (χ1v) is 7.83. The van der Waals surface area contributed by atoms with Crippen LogP contribution in [-0.2, 0) is 0 Å². The summed E-state index contributed by atoms with van der Waals surface area (Å²) in [6, 6.07) is 17.2. The predicted molar refractivity (Wildman–Crippen MR) is 92.3 cm³/mol. The van der Waals surface area contributed by atoms with E-state index in [4.69, 9.17) is 5.73 Å². The van der Waals surface area contributed by atoms with Crippen LogP contribution >= 0.6 is 0 Å². The Morgan fingerprint density at radius 1 is 0.762 bits per heavy atom. The van der Waals surface area contributed by atoms with Gasteiger partial charge in [-0.3, -0.25) is 0 Å². The molecule has 0 amide bonds. The monoisotopic (exact) mass is 282 g/mol. The van der Waals surface area contributed by atoms with Crippen LogP contribution in [0, 0.1) is 13.8 Å². The van der Waals surface area contributed by atoms with Gasteiger partial charge in [0.2, 0.25) is 0 Å². The summed E-state index contributed by atoms with van der Waals surface area (Å²) in [5.74, 6) is 0. The molecule has 0 atom stereocenters. The molecule has 2 N–H and O–H groups in total. The molecule has 0 aromatic heterocycles. The fraction of sp³-hybridized carbons (Fsp3) is 0.368. The minimum absolute atomic E-state index is 0.786. The lowest BCUT2D eigenvalue weighted by atomic mass is 10.1. The van der Waals surface area contributed by atoms with Crippen LogP contribution in [0.4, 0.5) is 11.4 Å². The molecule has 2 rings (SSSR count). The summed E-state index contributed by atoms with van der Waals surface area (Å²) < 4.78 is 0. The van der Waals surface area contributed by atoms with Crippen LogP contribution in [0.15, 0.2) is 48.5 Å². The molecule has 0 heterocycles. The van der Waals surface area contributed by atoms with Crippen molar-refractivity contribution >= 4 is 11.4 Å². The molecule has 0 spiro atoms. The number of rotatable bonds is 7. The van der Waals surface area contributed by atoms with Crippen molar-refractivity contribution in [2.24, 2.45) is 5.73 Å². The number of hydrogen-bond donors (Lipinski definition) is 1. The van der Waals surface area contributed by atoms with Crippen molar-refractivity contribution in [2.45, 2.75) is 33.1 Å². The number of aryl methyl sites for hydroxylation is 2. The van der Waals surface area contributed by atoms with Crippen LogP contribution in [-0.4, -0.2) is 13.1 Å². The number of anilines is 2. The van der Waals surface area contributed by atoms with Crippen LogP contribution in [0.5, 0.6) is 0 Å². The quantitative estimate of drug-likeness (QED) is 0.754. The van der Waals surface area contributed by atoms with Gasteiger partial charge < -0.3 is 10.6 Å². The molecule has 0 unspecified atom stereocenters. The van der Waals surface area contributed by atoms with Crippen LogP contribution in [0.3, 0.4) is 0 Å². The van der Waals surface area contributed by atoms with Gasteiger partial charge in [0, 0.05) is 17.9 Å². The number of benzene rings is 2. The van der Waals surface area contributed by atoms with Crippen molar-refractivity contribution < 1.29 is 0 Å². The fourth-order valence-electron chi connectivity index (χ4n) is 2.69. The number of hydrogen-bond acceptors (Lipinski definition) is 2. The first kappa shape index (κ1) is 15.6. The molecule has 0 saturated heterocycles. The Balaban J connectivity index is 2.27. The molecule has 2 aromatic rings. The maximum absolute atomic E-state index is 5.60. The highest BCUT2D eigenvalue weighted by atomic mass is 15.1. The highest BCUT2D eigenvalue weighted by Crippen LogP contribution is 2.30. The van der Waals surface area contributed by atoms with E-state index in [0.29, 0.717) is 0 Å². The third-order valence-electron chi connectivity index (χ3n) is 3.90. The van der Waals surface area contributed by atoms with Gasteiger partial charge in [0.1, 0.15) is 0 Å². The van der Waals surface area contributed by atoms with Crippen molar-refractivity contribution in [1.82, 2.24) is 0 Å². The van der Waals surface area contributed by atoms with E-state index in [9.17, 15) is 0 Å². The minimum atomic E-state index is 0.786. The molecule has 0 saturated carbocycles. The normalized spacial score (nSPS) is 10.6. The van der Waals surface area contributed by atoms with Crippen LogP contribution < -0.4 is 10.6 Å². The van der Waals surface area contributed by atoms with Crippen molar-refractivity contribution in [1.29, 1.82) is 0 Å². The third-order valence-corrected chi connectivity index (χ3v) is 3.90. The van der Waals surface area contributed by atoms with Gasteiger partial charge in [0.15, 0.2) is 0 Å². The summed E-state index contributed by atoms with van der Waals surface area (Å²) in [6.45, 7) is 6.19. The highest BCUT2D eigenvalue weighted by Gasteiger charge is 2.12. The van der Waals surface area contributed by atoms with Gasteiger partial charge in [-0.05, 0) is 56.5 Å². The van der Waals surface area contributed by atoms with Crippen molar-refractivity contribution in [3.63, 3.8) is 0 Å². The molecule has 0 radical (unpaired) electrons. The summed E-state index contributed by atoms with van der Waals surface area (Å²) >= 11 is 0. The summed E-state index contributed by atoms with van der Waals surface area (Å²) in [5.41, 5.74) is 10.9. The Morgan fingerprint density at radius 2 is 1.29 bits per heavy atom. The van der Waals surface area contributed by atoms with Gasteiger partial charge in [-0.1, -0.05) is 42.8 Å². The number of nitrogens with two attached hydrogens (primary N) is 1. The zero-order chi connectivity index (χ0) is 15.1. The van der Waals surface area contributed by atoms with Gasteiger partial charge in [-0.15, -0.1) is 0 Å². The van der Waals surface area contributed by atoms with E-state index in [2.05, 4.69) is 67.3 Å². The first-order chi connectivity index (χ1) is 10.2. The maximum atomic E-state index is 5.60. The van der Waals surface area contributed by atoms with E-state index in [1.165, 1.54) is 35.3 Å². The summed E-state index contributed by atoms with van der Waals surface area (Å²) in [7, 11) is 0. The van der Waals surface area contributed by atoms with Gasteiger partial charge in [-0.25, -0.2) is 0 Å². The maximum Gasteiger partial charge on any atom is 0.0440 e. The van der Waals surface area contributed by atoms with Gasteiger partial charge in [0.25, 0.3) is 0 Å². The lowest BCUT2D eigenvalue weighted by Gasteiger charge is -2.28. The summed E-state index contributed by atoms with van der Waals surface area (Å²) in [5, 5.41) is 0. The van der Waals surface area contributed by atoms with E-state index in [1.54, 1.807) is 0 Å². The lowest BCUT2D eigenvalue weighted by Crippen LogP contribution is -2.20. The SMILES string of the molecule is Cc1ccccc1N(CCCCCN)c1ccccc1C. The molecular formula is C19H26N2. The molecule has 0 fully saturated rings. The number of unbranched alkanes of at least 4 members (excludes halogenated alkanes) is 2. The molecule has 0 bridgehead atoms. The topological polar surface area (TPSA) is 29.3 Å². The van der Waals surface area contributed by atoms with Crippen molar-refractivity contribution in [3.05, 3.63) is 59.7 Å². The highest BCUT2D eigenvalue weighted by molar-refractivity contribution is 5.68. The Morgan fingerprint density at radius 3 is 1.76 bits per heavy atom. The second kappa shape index (κ2) is 7.84. The minimum Gasteiger partial charge on any atom is -0.341 e. The van der Waals surface area contributed by atoms with Crippen molar-refractivity contribution in [2.75, 3.05) is 18.0 Å². The molecule has 112 valence electrons. The van der Waals surface area contributed by atoms with E-state index >= 15 is 0 Å². The second-order valence-corrected chi connectivity index (χ2v) is 5.57. The largest absolute Gasteiger partial charge is 0.341 e. The predicted octanol–water partition coefficient (Wildman–Crippen LogP) is 4.57. The van der Waals surface area contributed by atoms with E-state index < -0.39 is 0 Å². The van der Waals surface area contributed by atoms with E-state index in [1.807, 2.05) is 0 Å². The molecule has 2 aromatic carbocycles.